The summed E-state index contributed by atoms with van der Waals surface area (Å²) in [5.41, 5.74) is 2.14. The highest BCUT2D eigenvalue weighted by molar-refractivity contribution is 5.69. The molecular formula is C24H30F4N6O4. The second-order valence-electron chi connectivity index (χ2n) is 10.0. The predicted molar refractivity (Wildman–Crippen MR) is 127 cm³/mol. The monoisotopic (exact) mass is 542 g/mol. The highest BCUT2D eigenvalue weighted by Crippen LogP contribution is 2.40. The molecule has 2 aliphatic rings. The minimum absolute atomic E-state index is 0.169. The van der Waals surface area contributed by atoms with Crippen molar-refractivity contribution in [1.82, 2.24) is 24.9 Å². The highest BCUT2D eigenvalue weighted by Gasteiger charge is 2.48. The lowest BCUT2D eigenvalue weighted by Gasteiger charge is -2.40. The van der Waals surface area contributed by atoms with Gasteiger partial charge >= 0.3 is 12.1 Å². The summed E-state index contributed by atoms with van der Waals surface area (Å²) in [5, 5.41) is 17.2. The summed E-state index contributed by atoms with van der Waals surface area (Å²) < 4.78 is 61.9. The standard InChI is InChI=1S/C24H30F4N6O4/c1-4-16-18(34-11-14(7-20(35)36)8-24(27,28)13-34)6-5-17(29-16)21-19(33(3)31-30-21)12-38-22(37)32(2)15-9-23(25,26)10-15/h5-6,14-15H,4,7-13H2,1-3H3,(H,35,36)/t14-/m1/s1. The second kappa shape index (κ2) is 10.4. The maximum absolute atomic E-state index is 14.4. The van der Waals surface area contributed by atoms with Crippen molar-refractivity contribution in [1.29, 1.82) is 0 Å². The van der Waals surface area contributed by atoms with Crippen LogP contribution < -0.4 is 4.90 Å². The molecule has 1 saturated heterocycles. The lowest BCUT2D eigenvalue weighted by molar-refractivity contribution is -0.139. The molecule has 10 nitrogen and oxygen atoms in total. The van der Waals surface area contributed by atoms with Gasteiger partial charge in [0.1, 0.15) is 18.0 Å². The van der Waals surface area contributed by atoms with E-state index in [-0.39, 0.29) is 19.6 Å². The zero-order valence-electron chi connectivity index (χ0n) is 21.3. The number of nitrogens with zero attached hydrogens (tertiary/aromatic N) is 6. The molecule has 0 spiro atoms. The van der Waals surface area contributed by atoms with Crippen LogP contribution in [0.3, 0.4) is 0 Å². The van der Waals surface area contributed by atoms with E-state index < -0.39 is 61.7 Å². The smallest absolute Gasteiger partial charge is 0.410 e. The van der Waals surface area contributed by atoms with Crippen LogP contribution in [0.15, 0.2) is 12.1 Å². The molecule has 208 valence electrons. The van der Waals surface area contributed by atoms with Gasteiger partial charge in [0.05, 0.1) is 30.0 Å². The van der Waals surface area contributed by atoms with Gasteiger partial charge in [-0.3, -0.25) is 4.79 Å². The fraction of sp³-hybridized carbons (Fsp3) is 0.625. The number of halogens is 4. The maximum Gasteiger partial charge on any atom is 0.410 e. The zero-order chi connectivity index (χ0) is 27.8. The van der Waals surface area contributed by atoms with Crippen LogP contribution in [-0.2, 0) is 29.6 Å². The van der Waals surface area contributed by atoms with Crippen molar-refractivity contribution < 1.29 is 37.0 Å². The summed E-state index contributed by atoms with van der Waals surface area (Å²) in [7, 11) is 3.01. The number of aromatic nitrogens is 4. The Morgan fingerprint density at radius 1 is 1.18 bits per heavy atom. The summed E-state index contributed by atoms with van der Waals surface area (Å²) in [6.45, 7) is 1.23. The van der Waals surface area contributed by atoms with Gasteiger partial charge in [-0.25, -0.2) is 32.0 Å². The number of carboxylic acid groups (broad SMARTS) is 1. The maximum atomic E-state index is 14.4. The van der Waals surface area contributed by atoms with E-state index in [9.17, 15) is 27.2 Å². The molecule has 1 aliphatic heterocycles. The number of hydrogen-bond donors (Lipinski definition) is 1. The molecule has 2 aromatic rings. The Bertz CT molecular complexity index is 1200. The molecule has 2 fully saturated rings. The molecule has 4 rings (SSSR count). The number of aryl methyl sites for hydroxylation is 2. The first-order valence-electron chi connectivity index (χ1n) is 12.3. The van der Waals surface area contributed by atoms with Crippen molar-refractivity contribution in [2.45, 2.75) is 63.5 Å². The van der Waals surface area contributed by atoms with Crippen molar-refractivity contribution in [2.75, 3.05) is 25.0 Å². The van der Waals surface area contributed by atoms with Gasteiger partial charge in [-0.15, -0.1) is 5.10 Å². The lowest BCUT2D eigenvalue weighted by atomic mass is 9.87. The van der Waals surface area contributed by atoms with E-state index in [1.165, 1.54) is 16.6 Å². The van der Waals surface area contributed by atoms with Crippen LogP contribution in [0.2, 0.25) is 0 Å². The van der Waals surface area contributed by atoms with Crippen molar-refractivity contribution in [3.8, 4) is 11.4 Å². The summed E-state index contributed by atoms with van der Waals surface area (Å²) in [6.07, 6.45) is -1.99. The number of aliphatic carboxylic acids is 1. The van der Waals surface area contributed by atoms with E-state index >= 15 is 0 Å². The summed E-state index contributed by atoms with van der Waals surface area (Å²) in [4.78, 5) is 30.8. The van der Waals surface area contributed by atoms with Crippen LogP contribution in [0.1, 0.15) is 44.0 Å². The summed E-state index contributed by atoms with van der Waals surface area (Å²) in [6, 6.07) is 2.65. The average Bonchev–Trinajstić information content (AvgIpc) is 3.18. The SMILES string of the molecule is CCc1nc(-c2nnn(C)c2COC(=O)N(C)C2CC(F)(F)C2)ccc1N1C[C@H](CC(=O)O)CC(F)(F)C1. The number of carbonyl (C=O) groups excluding carboxylic acids is 1. The molecule has 0 aromatic carbocycles. The topological polar surface area (TPSA) is 114 Å². The molecule has 0 radical (unpaired) electrons. The molecule has 1 amide bonds. The molecule has 38 heavy (non-hydrogen) atoms. The molecule has 1 saturated carbocycles. The van der Waals surface area contributed by atoms with Crippen molar-refractivity contribution in [2.24, 2.45) is 13.0 Å². The first-order valence-corrected chi connectivity index (χ1v) is 12.3. The van der Waals surface area contributed by atoms with E-state index in [0.717, 1.165) is 4.90 Å². The van der Waals surface area contributed by atoms with Crippen LogP contribution in [0.25, 0.3) is 11.4 Å². The predicted octanol–water partition coefficient (Wildman–Crippen LogP) is 3.74. The van der Waals surface area contributed by atoms with E-state index in [1.54, 1.807) is 19.2 Å². The number of anilines is 1. The Balaban J connectivity index is 1.51. The van der Waals surface area contributed by atoms with Crippen molar-refractivity contribution in [3.05, 3.63) is 23.5 Å². The van der Waals surface area contributed by atoms with Crippen LogP contribution in [0.4, 0.5) is 28.0 Å². The molecule has 1 N–H and O–H groups in total. The third-order valence-electron chi connectivity index (χ3n) is 7.00. The minimum atomic E-state index is -3.04. The van der Waals surface area contributed by atoms with Gasteiger partial charge in [0.2, 0.25) is 0 Å². The Kier molecular flexibility index (Phi) is 7.53. The van der Waals surface area contributed by atoms with Gasteiger partial charge < -0.3 is 19.6 Å². The number of carbonyl (C=O) groups is 2. The van der Waals surface area contributed by atoms with Gasteiger partial charge in [-0.2, -0.15) is 0 Å². The molecule has 1 aliphatic carbocycles. The van der Waals surface area contributed by atoms with Gasteiger partial charge in [-0.05, 0) is 24.5 Å². The number of amides is 1. The lowest BCUT2D eigenvalue weighted by Crippen LogP contribution is -2.51. The zero-order valence-corrected chi connectivity index (χ0v) is 21.3. The van der Waals surface area contributed by atoms with Crippen LogP contribution in [0.5, 0.6) is 0 Å². The Labute approximate surface area is 216 Å². The first-order chi connectivity index (χ1) is 17.8. The fourth-order valence-corrected chi connectivity index (χ4v) is 4.97. The molecule has 14 heteroatoms. The third kappa shape index (κ3) is 5.99. The van der Waals surface area contributed by atoms with Gasteiger partial charge in [0.25, 0.3) is 11.8 Å². The average molecular weight is 543 g/mol. The first kappa shape index (κ1) is 27.6. The van der Waals surface area contributed by atoms with Crippen LogP contribution in [-0.4, -0.2) is 80.1 Å². The molecular weight excluding hydrogens is 512 g/mol. The number of pyridine rings is 1. The van der Waals surface area contributed by atoms with Gasteiger partial charge in [0, 0.05) is 45.9 Å². The van der Waals surface area contributed by atoms with Crippen LogP contribution in [0, 0.1) is 5.92 Å². The second-order valence-corrected chi connectivity index (χ2v) is 10.0. The highest BCUT2D eigenvalue weighted by atomic mass is 19.3. The molecule has 0 bridgehead atoms. The van der Waals surface area contributed by atoms with Crippen molar-refractivity contribution in [3.63, 3.8) is 0 Å². The minimum Gasteiger partial charge on any atom is -0.481 e. The van der Waals surface area contributed by atoms with E-state index in [2.05, 4.69) is 15.3 Å². The van der Waals surface area contributed by atoms with Crippen LogP contribution >= 0.6 is 0 Å². The van der Waals surface area contributed by atoms with E-state index in [1.807, 2.05) is 6.92 Å². The third-order valence-corrected chi connectivity index (χ3v) is 7.00. The summed E-state index contributed by atoms with van der Waals surface area (Å²) in [5.74, 6) is -7.63. The quantitative estimate of drug-likeness (QED) is 0.502. The number of carboxylic acids is 1. The largest absolute Gasteiger partial charge is 0.481 e. The Morgan fingerprint density at radius 2 is 1.89 bits per heavy atom. The number of alkyl halides is 4. The van der Waals surface area contributed by atoms with Crippen molar-refractivity contribution >= 4 is 17.7 Å². The molecule has 3 heterocycles. The van der Waals surface area contributed by atoms with E-state index in [4.69, 9.17) is 9.84 Å². The Morgan fingerprint density at radius 3 is 2.53 bits per heavy atom. The Hall–Kier alpha value is -3.45. The number of ether oxygens (including phenoxy) is 1. The number of hydrogen-bond acceptors (Lipinski definition) is 7. The van der Waals surface area contributed by atoms with E-state index in [0.29, 0.717) is 34.9 Å². The number of rotatable bonds is 8. The fourth-order valence-electron chi connectivity index (χ4n) is 4.97. The van der Waals surface area contributed by atoms with Gasteiger partial charge in [-0.1, -0.05) is 12.1 Å². The summed E-state index contributed by atoms with van der Waals surface area (Å²) >= 11 is 0. The molecule has 0 unspecified atom stereocenters. The molecule has 1 atom stereocenters. The van der Waals surface area contributed by atoms with Gasteiger partial charge in [0.15, 0.2) is 0 Å². The normalized spacial score (nSPS) is 20.6. The molecule has 2 aromatic heterocycles. The number of piperidine rings is 1.